The Morgan fingerprint density at radius 2 is 1.90 bits per heavy atom. The fourth-order valence-electron chi connectivity index (χ4n) is 3.03. The van der Waals surface area contributed by atoms with Crippen LogP contribution in [0.1, 0.15) is 29.9 Å². The molecule has 0 aliphatic carbocycles. The summed E-state index contributed by atoms with van der Waals surface area (Å²) in [5.41, 5.74) is 4.86. The van der Waals surface area contributed by atoms with E-state index >= 15 is 0 Å². The zero-order chi connectivity index (χ0) is 14.8. The van der Waals surface area contributed by atoms with Crippen molar-refractivity contribution in [2.24, 2.45) is 7.05 Å². The lowest BCUT2D eigenvalue weighted by Crippen LogP contribution is -2.16. The van der Waals surface area contributed by atoms with Crippen LogP contribution in [0.5, 0.6) is 0 Å². The Morgan fingerprint density at radius 1 is 1.10 bits per heavy atom. The monoisotopic (exact) mass is 288 g/mol. The van der Waals surface area contributed by atoms with Crippen LogP contribution in [-0.2, 0) is 20.0 Å². The van der Waals surface area contributed by atoms with Crippen LogP contribution < -0.4 is 10.6 Å². The first-order chi connectivity index (χ1) is 10.2. The summed E-state index contributed by atoms with van der Waals surface area (Å²) in [5.74, 6) is 1.20. The highest BCUT2D eigenvalue weighted by Crippen LogP contribution is 2.24. The van der Waals surface area contributed by atoms with Gasteiger partial charge in [0.2, 0.25) is 0 Å². The molecule has 4 heterocycles. The summed E-state index contributed by atoms with van der Waals surface area (Å²) in [5, 5.41) is 11.0. The predicted molar refractivity (Wildman–Crippen MR) is 84.8 cm³/mol. The van der Waals surface area contributed by atoms with Crippen LogP contribution in [-0.4, -0.2) is 32.4 Å². The highest BCUT2D eigenvalue weighted by Gasteiger charge is 2.15. The van der Waals surface area contributed by atoms with Gasteiger partial charge in [0.05, 0.1) is 29.1 Å². The molecule has 114 valence electrons. The minimum Gasteiger partial charge on any atom is -0.382 e. The van der Waals surface area contributed by atoms with Gasteiger partial charge in [-0.1, -0.05) is 0 Å². The fraction of sp³-hybridized carbons (Fsp3) is 0.600. The van der Waals surface area contributed by atoms with Crippen molar-refractivity contribution < 1.29 is 0 Å². The maximum Gasteiger partial charge on any atom is 0.128 e. The van der Waals surface area contributed by atoms with Gasteiger partial charge in [0, 0.05) is 26.7 Å². The molecule has 0 bridgehead atoms. The normalized spacial score (nSPS) is 16.0. The molecule has 0 spiro atoms. The molecule has 0 aromatic carbocycles. The summed E-state index contributed by atoms with van der Waals surface area (Å²) >= 11 is 0. The molecular weight excluding hydrogens is 264 g/mol. The first kappa shape index (κ1) is 14.0. The summed E-state index contributed by atoms with van der Waals surface area (Å²) in [6, 6.07) is 0. The van der Waals surface area contributed by atoms with Crippen molar-refractivity contribution in [1.82, 2.24) is 19.3 Å². The van der Waals surface area contributed by atoms with Gasteiger partial charge in [-0.2, -0.15) is 5.10 Å². The molecule has 0 unspecified atom stereocenters. The van der Waals surface area contributed by atoms with Crippen molar-refractivity contribution in [2.45, 2.75) is 39.7 Å². The van der Waals surface area contributed by atoms with E-state index in [4.69, 9.17) is 0 Å². The molecule has 0 atom stereocenters. The van der Waals surface area contributed by atoms with E-state index in [2.05, 4.69) is 32.2 Å². The van der Waals surface area contributed by atoms with E-state index in [9.17, 15) is 0 Å². The Balaban J connectivity index is 0.000000126. The number of aromatic nitrogens is 4. The Hall–Kier alpha value is -1.98. The van der Waals surface area contributed by atoms with Gasteiger partial charge in [-0.25, -0.2) is 4.98 Å². The Labute approximate surface area is 125 Å². The van der Waals surface area contributed by atoms with Gasteiger partial charge >= 0.3 is 0 Å². The molecule has 0 amide bonds. The van der Waals surface area contributed by atoms with Crippen molar-refractivity contribution >= 4 is 11.5 Å². The molecule has 2 aliphatic rings. The number of imidazole rings is 1. The van der Waals surface area contributed by atoms with Gasteiger partial charge in [-0.15, -0.1) is 0 Å². The zero-order valence-corrected chi connectivity index (χ0v) is 13.1. The minimum absolute atomic E-state index is 1.09. The number of anilines is 2. The second-order valence-electron chi connectivity index (χ2n) is 5.71. The van der Waals surface area contributed by atoms with Gasteiger partial charge in [-0.05, 0) is 33.1 Å². The second kappa shape index (κ2) is 5.79. The number of rotatable bonds is 0. The second-order valence-corrected chi connectivity index (χ2v) is 5.71. The Kier molecular flexibility index (Phi) is 3.86. The van der Waals surface area contributed by atoms with Crippen molar-refractivity contribution in [3.63, 3.8) is 0 Å². The summed E-state index contributed by atoms with van der Waals surface area (Å²) in [4.78, 5) is 4.20. The van der Waals surface area contributed by atoms with E-state index in [1.54, 1.807) is 0 Å². The number of hydrogen-bond acceptors (Lipinski definition) is 4. The van der Waals surface area contributed by atoms with Crippen molar-refractivity contribution in [3.05, 3.63) is 23.4 Å². The van der Waals surface area contributed by atoms with Crippen LogP contribution in [0.3, 0.4) is 0 Å². The van der Waals surface area contributed by atoms with Crippen LogP contribution in [0.2, 0.25) is 0 Å². The lowest BCUT2D eigenvalue weighted by atomic mass is 10.1. The quantitative estimate of drug-likeness (QED) is 0.779. The fourth-order valence-corrected chi connectivity index (χ4v) is 3.03. The smallest absolute Gasteiger partial charge is 0.128 e. The van der Waals surface area contributed by atoms with Crippen molar-refractivity contribution in [3.8, 4) is 0 Å². The third-order valence-corrected chi connectivity index (χ3v) is 4.12. The molecule has 2 aliphatic heterocycles. The van der Waals surface area contributed by atoms with Crippen LogP contribution in [0.15, 0.2) is 6.33 Å². The molecule has 21 heavy (non-hydrogen) atoms. The van der Waals surface area contributed by atoms with Crippen LogP contribution >= 0.6 is 0 Å². The summed E-state index contributed by atoms with van der Waals surface area (Å²) in [6.45, 7) is 7.39. The number of nitrogens with zero attached hydrogens (tertiary/aromatic N) is 4. The highest BCUT2D eigenvalue weighted by atomic mass is 15.3. The average Bonchev–Trinajstić information content (AvgIpc) is 3.02. The van der Waals surface area contributed by atoms with E-state index in [0.717, 1.165) is 31.0 Å². The van der Waals surface area contributed by atoms with Crippen LogP contribution in [0, 0.1) is 13.8 Å². The highest BCUT2D eigenvalue weighted by molar-refractivity contribution is 5.54. The molecular formula is C15H24N6. The maximum absolute atomic E-state index is 4.35. The Morgan fingerprint density at radius 3 is 2.67 bits per heavy atom. The van der Waals surface area contributed by atoms with E-state index in [-0.39, 0.29) is 0 Å². The molecule has 0 fully saturated rings. The van der Waals surface area contributed by atoms with E-state index < -0.39 is 0 Å². The topological polar surface area (TPSA) is 59.7 Å². The number of fused-ring (bicyclic) bond motifs is 2. The number of aryl methyl sites for hydroxylation is 4. The van der Waals surface area contributed by atoms with Crippen molar-refractivity contribution in [2.75, 3.05) is 23.7 Å². The first-order valence-corrected chi connectivity index (χ1v) is 7.68. The largest absolute Gasteiger partial charge is 0.382 e. The third kappa shape index (κ3) is 2.75. The molecule has 4 rings (SSSR count). The van der Waals surface area contributed by atoms with E-state index in [0.29, 0.717) is 0 Å². The van der Waals surface area contributed by atoms with Gasteiger partial charge in [0.1, 0.15) is 5.82 Å². The average molecular weight is 288 g/mol. The molecule has 2 aromatic heterocycles. The van der Waals surface area contributed by atoms with Gasteiger partial charge in [0.15, 0.2) is 0 Å². The van der Waals surface area contributed by atoms with E-state index in [1.807, 2.05) is 25.0 Å². The SMILES string of the molecule is Cc1ncn2c1NCCC2.Cc1nn(C)c2c1NCCC2. The minimum atomic E-state index is 1.09. The molecule has 0 saturated heterocycles. The molecule has 2 aromatic rings. The summed E-state index contributed by atoms with van der Waals surface area (Å²) in [6.07, 6.45) is 5.51. The third-order valence-electron chi connectivity index (χ3n) is 4.12. The summed E-state index contributed by atoms with van der Waals surface area (Å²) in [7, 11) is 2.01. The van der Waals surface area contributed by atoms with E-state index in [1.165, 1.54) is 36.5 Å². The number of hydrogen-bond donors (Lipinski definition) is 2. The zero-order valence-electron chi connectivity index (χ0n) is 13.1. The summed E-state index contributed by atoms with van der Waals surface area (Å²) < 4.78 is 4.15. The molecule has 0 radical (unpaired) electrons. The first-order valence-electron chi connectivity index (χ1n) is 7.68. The lowest BCUT2D eigenvalue weighted by Gasteiger charge is -2.16. The molecule has 2 N–H and O–H groups in total. The Bertz CT molecular complexity index is 598. The number of nitrogens with one attached hydrogen (secondary N) is 2. The van der Waals surface area contributed by atoms with Gasteiger partial charge in [-0.3, -0.25) is 4.68 Å². The molecule has 6 heteroatoms. The van der Waals surface area contributed by atoms with Gasteiger partial charge in [0.25, 0.3) is 0 Å². The predicted octanol–water partition coefficient (Wildman–Crippen LogP) is 2.09. The van der Waals surface area contributed by atoms with Crippen LogP contribution in [0.25, 0.3) is 0 Å². The maximum atomic E-state index is 4.35. The van der Waals surface area contributed by atoms with Crippen molar-refractivity contribution in [1.29, 1.82) is 0 Å². The molecule has 0 saturated carbocycles. The standard InChI is InChI=1S/C8H13N3.C7H11N3/c1-6-8-7(11(2)10-6)4-3-5-9-8;1-6-7-8-3-2-4-10(7)5-9-6/h9H,3-5H2,1-2H3;5,8H,2-4H2,1H3. The lowest BCUT2D eigenvalue weighted by molar-refractivity contribution is 0.629. The van der Waals surface area contributed by atoms with Crippen LogP contribution in [0.4, 0.5) is 11.5 Å². The molecule has 6 nitrogen and oxygen atoms in total. The van der Waals surface area contributed by atoms with Gasteiger partial charge < -0.3 is 15.2 Å².